The first-order valence-electron chi connectivity index (χ1n) is 5.38. The summed E-state index contributed by atoms with van der Waals surface area (Å²) in [6, 6.07) is 0. The first-order chi connectivity index (χ1) is 7.24. The average molecular weight is 228 g/mol. The van der Waals surface area contributed by atoms with Crippen molar-refractivity contribution in [1.29, 1.82) is 0 Å². The topological polar surface area (TPSA) is 34.1 Å². The van der Waals surface area contributed by atoms with Crippen LogP contribution in [0.2, 0.25) is 0 Å². The molecule has 0 aliphatic carbocycles. The molecule has 1 aromatic heterocycles. The van der Waals surface area contributed by atoms with Crippen LogP contribution in [0.4, 0.5) is 0 Å². The van der Waals surface area contributed by atoms with Crippen molar-refractivity contribution in [2.45, 2.75) is 26.2 Å². The molecule has 4 heteroatoms. The summed E-state index contributed by atoms with van der Waals surface area (Å²) in [5.74, 6) is 0.538. The number of rotatable bonds is 7. The Morgan fingerprint density at radius 2 is 2.27 bits per heavy atom. The van der Waals surface area contributed by atoms with E-state index in [1.807, 2.05) is 0 Å². The van der Waals surface area contributed by atoms with E-state index in [-0.39, 0.29) is 0 Å². The molecule has 1 heterocycles. The third kappa shape index (κ3) is 4.73. The fourth-order valence-electron chi connectivity index (χ4n) is 1.20. The van der Waals surface area contributed by atoms with Crippen LogP contribution >= 0.6 is 11.3 Å². The molecule has 0 aliphatic heterocycles. The van der Waals surface area contributed by atoms with Crippen molar-refractivity contribution >= 4 is 11.3 Å². The SMILES string of the molecule is COCCNCCc1nc(C(C)C)cs1. The maximum Gasteiger partial charge on any atom is 0.0941 e. The first-order valence-corrected chi connectivity index (χ1v) is 6.26. The summed E-state index contributed by atoms with van der Waals surface area (Å²) in [4.78, 5) is 4.57. The predicted octanol–water partition coefficient (Wildman–Crippen LogP) is 2.04. The lowest BCUT2D eigenvalue weighted by molar-refractivity contribution is 0.199. The Hall–Kier alpha value is -0.450. The smallest absolute Gasteiger partial charge is 0.0941 e. The summed E-state index contributed by atoms with van der Waals surface area (Å²) in [5, 5.41) is 6.70. The average Bonchev–Trinajstić information content (AvgIpc) is 2.66. The molecule has 0 saturated carbocycles. The molecule has 1 aromatic rings. The van der Waals surface area contributed by atoms with Crippen LogP contribution in [0.15, 0.2) is 5.38 Å². The molecule has 0 spiro atoms. The molecular weight excluding hydrogens is 208 g/mol. The van der Waals surface area contributed by atoms with Gasteiger partial charge in [-0.25, -0.2) is 4.98 Å². The Balaban J connectivity index is 2.20. The van der Waals surface area contributed by atoms with Crippen molar-refractivity contribution < 1.29 is 4.74 Å². The number of thiazole rings is 1. The number of methoxy groups -OCH3 is 1. The molecule has 1 rings (SSSR count). The molecule has 0 amide bonds. The van der Waals surface area contributed by atoms with Gasteiger partial charge in [-0.1, -0.05) is 13.8 Å². The van der Waals surface area contributed by atoms with Crippen molar-refractivity contribution in [2.75, 3.05) is 26.8 Å². The molecule has 0 unspecified atom stereocenters. The monoisotopic (exact) mass is 228 g/mol. The van der Waals surface area contributed by atoms with Crippen molar-refractivity contribution in [2.24, 2.45) is 0 Å². The van der Waals surface area contributed by atoms with Gasteiger partial charge in [0.05, 0.1) is 17.3 Å². The highest BCUT2D eigenvalue weighted by Crippen LogP contribution is 2.17. The van der Waals surface area contributed by atoms with E-state index in [1.165, 1.54) is 10.7 Å². The summed E-state index contributed by atoms with van der Waals surface area (Å²) < 4.78 is 4.95. The van der Waals surface area contributed by atoms with Crippen LogP contribution in [0.5, 0.6) is 0 Å². The molecule has 0 bridgehead atoms. The van der Waals surface area contributed by atoms with Gasteiger partial charge in [-0.2, -0.15) is 0 Å². The second kappa shape index (κ2) is 6.93. The van der Waals surface area contributed by atoms with E-state index < -0.39 is 0 Å². The van der Waals surface area contributed by atoms with Crippen LogP contribution in [0.3, 0.4) is 0 Å². The molecule has 1 N–H and O–H groups in total. The van der Waals surface area contributed by atoms with E-state index in [1.54, 1.807) is 18.4 Å². The van der Waals surface area contributed by atoms with E-state index in [0.29, 0.717) is 5.92 Å². The molecule has 0 atom stereocenters. The van der Waals surface area contributed by atoms with Crippen LogP contribution in [-0.2, 0) is 11.2 Å². The number of ether oxygens (including phenoxy) is 1. The molecular formula is C11H20N2OS. The van der Waals surface area contributed by atoms with Crippen LogP contribution in [0.25, 0.3) is 0 Å². The molecule has 3 nitrogen and oxygen atoms in total. The quantitative estimate of drug-likeness (QED) is 0.725. The molecule has 0 aliphatic rings. The Bertz CT molecular complexity index is 273. The number of hydrogen-bond acceptors (Lipinski definition) is 4. The minimum Gasteiger partial charge on any atom is -0.383 e. The largest absolute Gasteiger partial charge is 0.383 e. The van der Waals surface area contributed by atoms with Gasteiger partial charge in [-0.15, -0.1) is 11.3 Å². The highest BCUT2D eigenvalue weighted by atomic mass is 32.1. The first kappa shape index (κ1) is 12.6. The fraction of sp³-hybridized carbons (Fsp3) is 0.727. The van der Waals surface area contributed by atoms with Gasteiger partial charge < -0.3 is 10.1 Å². The second-order valence-electron chi connectivity index (χ2n) is 3.81. The lowest BCUT2D eigenvalue weighted by Gasteiger charge is -2.01. The van der Waals surface area contributed by atoms with Crippen molar-refractivity contribution in [1.82, 2.24) is 10.3 Å². The highest BCUT2D eigenvalue weighted by Gasteiger charge is 2.04. The normalized spacial score (nSPS) is 11.2. The predicted molar refractivity (Wildman–Crippen MR) is 64.7 cm³/mol. The Kier molecular flexibility index (Phi) is 5.83. The Labute approximate surface area is 95.9 Å². The van der Waals surface area contributed by atoms with E-state index in [9.17, 15) is 0 Å². The van der Waals surface area contributed by atoms with Gasteiger partial charge in [0.2, 0.25) is 0 Å². The van der Waals surface area contributed by atoms with Gasteiger partial charge in [0, 0.05) is 32.0 Å². The summed E-state index contributed by atoms with van der Waals surface area (Å²) >= 11 is 1.76. The highest BCUT2D eigenvalue weighted by molar-refractivity contribution is 7.09. The number of nitrogens with one attached hydrogen (secondary N) is 1. The van der Waals surface area contributed by atoms with Crippen LogP contribution < -0.4 is 5.32 Å². The second-order valence-corrected chi connectivity index (χ2v) is 4.76. The number of nitrogens with zero attached hydrogens (tertiary/aromatic N) is 1. The van der Waals surface area contributed by atoms with E-state index >= 15 is 0 Å². The summed E-state index contributed by atoms with van der Waals surface area (Å²) in [7, 11) is 1.72. The maximum absolute atomic E-state index is 4.95. The lowest BCUT2D eigenvalue weighted by Crippen LogP contribution is -2.21. The van der Waals surface area contributed by atoms with Gasteiger partial charge in [-0.3, -0.25) is 0 Å². The zero-order chi connectivity index (χ0) is 11.1. The van der Waals surface area contributed by atoms with Crippen LogP contribution in [0, 0.1) is 0 Å². The van der Waals surface area contributed by atoms with Gasteiger partial charge in [0.15, 0.2) is 0 Å². The lowest BCUT2D eigenvalue weighted by atomic mass is 10.2. The molecule has 86 valence electrons. The third-order valence-electron chi connectivity index (χ3n) is 2.16. The minimum atomic E-state index is 0.538. The number of aromatic nitrogens is 1. The van der Waals surface area contributed by atoms with Crippen molar-refractivity contribution in [3.05, 3.63) is 16.1 Å². The summed E-state index contributed by atoms with van der Waals surface area (Å²) in [6.45, 7) is 7.02. The number of hydrogen-bond donors (Lipinski definition) is 1. The summed E-state index contributed by atoms with van der Waals surface area (Å²) in [6.07, 6.45) is 1.01. The van der Waals surface area contributed by atoms with Gasteiger partial charge >= 0.3 is 0 Å². The maximum atomic E-state index is 4.95. The molecule has 0 fully saturated rings. The standard InChI is InChI=1S/C11H20N2OS/c1-9(2)10-8-15-11(13-10)4-5-12-6-7-14-3/h8-9,12H,4-7H2,1-3H3. The third-order valence-corrected chi connectivity index (χ3v) is 3.09. The Morgan fingerprint density at radius 1 is 1.47 bits per heavy atom. The van der Waals surface area contributed by atoms with Crippen molar-refractivity contribution in [3.8, 4) is 0 Å². The molecule has 15 heavy (non-hydrogen) atoms. The zero-order valence-electron chi connectivity index (χ0n) is 9.75. The minimum absolute atomic E-state index is 0.538. The van der Waals surface area contributed by atoms with E-state index in [4.69, 9.17) is 4.74 Å². The fourth-order valence-corrected chi connectivity index (χ4v) is 2.16. The van der Waals surface area contributed by atoms with Crippen molar-refractivity contribution in [3.63, 3.8) is 0 Å². The molecule has 0 saturated heterocycles. The van der Waals surface area contributed by atoms with Crippen LogP contribution in [-0.4, -0.2) is 31.8 Å². The molecule has 0 aromatic carbocycles. The van der Waals surface area contributed by atoms with Crippen LogP contribution in [0.1, 0.15) is 30.5 Å². The van der Waals surface area contributed by atoms with Gasteiger partial charge in [0.1, 0.15) is 0 Å². The van der Waals surface area contributed by atoms with E-state index in [2.05, 4.69) is 29.5 Å². The Morgan fingerprint density at radius 3 is 2.87 bits per heavy atom. The molecule has 0 radical (unpaired) electrons. The summed E-state index contributed by atoms with van der Waals surface area (Å²) in [5.41, 5.74) is 1.21. The zero-order valence-corrected chi connectivity index (χ0v) is 10.6. The van der Waals surface area contributed by atoms with Gasteiger partial charge in [-0.05, 0) is 5.92 Å². The van der Waals surface area contributed by atoms with Gasteiger partial charge in [0.25, 0.3) is 0 Å². The van der Waals surface area contributed by atoms with E-state index in [0.717, 1.165) is 26.1 Å².